The summed E-state index contributed by atoms with van der Waals surface area (Å²) in [6, 6.07) is 6.50. The molecular weight excluding hydrogens is 230 g/mol. The SMILES string of the molecule is CC(=O)c1cnc(Cc2cc(C)cc(C)c2)s1. The third-order valence-corrected chi connectivity index (χ3v) is 3.64. The quantitative estimate of drug-likeness (QED) is 0.774. The molecule has 2 aromatic rings. The van der Waals surface area contributed by atoms with E-state index in [9.17, 15) is 4.79 Å². The van der Waals surface area contributed by atoms with Crippen LogP contribution in [-0.2, 0) is 6.42 Å². The van der Waals surface area contributed by atoms with Crippen LogP contribution in [0, 0.1) is 13.8 Å². The molecule has 0 aliphatic carbocycles. The highest BCUT2D eigenvalue weighted by Crippen LogP contribution is 2.18. The Balaban J connectivity index is 2.22. The average Bonchev–Trinajstić information content (AvgIpc) is 2.64. The molecule has 2 rings (SSSR count). The number of benzene rings is 1. The lowest BCUT2D eigenvalue weighted by Gasteiger charge is -2.02. The van der Waals surface area contributed by atoms with Crippen LogP contribution >= 0.6 is 11.3 Å². The highest BCUT2D eigenvalue weighted by molar-refractivity contribution is 7.13. The average molecular weight is 245 g/mol. The first-order valence-electron chi connectivity index (χ1n) is 5.57. The molecule has 1 heterocycles. The number of carbonyl (C=O) groups excluding carboxylic acids is 1. The van der Waals surface area contributed by atoms with Gasteiger partial charge in [-0.05, 0) is 19.4 Å². The maximum atomic E-state index is 11.2. The van der Waals surface area contributed by atoms with E-state index in [0.717, 1.165) is 16.3 Å². The molecule has 0 atom stereocenters. The van der Waals surface area contributed by atoms with E-state index >= 15 is 0 Å². The number of hydrogen-bond donors (Lipinski definition) is 0. The van der Waals surface area contributed by atoms with Gasteiger partial charge < -0.3 is 0 Å². The second kappa shape index (κ2) is 4.80. The van der Waals surface area contributed by atoms with Gasteiger partial charge in [0, 0.05) is 19.5 Å². The Morgan fingerprint density at radius 3 is 2.41 bits per heavy atom. The van der Waals surface area contributed by atoms with Crippen molar-refractivity contribution in [2.45, 2.75) is 27.2 Å². The Kier molecular flexibility index (Phi) is 3.38. The van der Waals surface area contributed by atoms with Crippen molar-refractivity contribution >= 4 is 17.1 Å². The molecule has 0 N–H and O–H groups in total. The fourth-order valence-electron chi connectivity index (χ4n) is 1.90. The Labute approximate surface area is 105 Å². The van der Waals surface area contributed by atoms with E-state index < -0.39 is 0 Å². The van der Waals surface area contributed by atoms with Gasteiger partial charge in [0.2, 0.25) is 0 Å². The van der Waals surface area contributed by atoms with Gasteiger partial charge in [-0.3, -0.25) is 4.79 Å². The van der Waals surface area contributed by atoms with Crippen LogP contribution in [0.15, 0.2) is 24.4 Å². The topological polar surface area (TPSA) is 30.0 Å². The predicted octanol–water partition coefficient (Wildman–Crippen LogP) is 3.55. The normalized spacial score (nSPS) is 10.5. The Morgan fingerprint density at radius 1 is 1.24 bits per heavy atom. The monoisotopic (exact) mass is 245 g/mol. The van der Waals surface area contributed by atoms with E-state index in [2.05, 4.69) is 37.0 Å². The van der Waals surface area contributed by atoms with E-state index in [-0.39, 0.29) is 5.78 Å². The number of Topliss-reactive ketones (excluding diaryl/α,β-unsaturated/α-hetero) is 1. The molecule has 0 spiro atoms. The Bertz CT molecular complexity index is 537. The van der Waals surface area contributed by atoms with E-state index in [4.69, 9.17) is 0 Å². The molecule has 0 fully saturated rings. The molecular formula is C14H15NOS. The smallest absolute Gasteiger partial charge is 0.171 e. The summed E-state index contributed by atoms with van der Waals surface area (Å²) in [4.78, 5) is 16.2. The number of carbonyl (C=O) groups is 1. The molecule has 0 saturated carbocycles. The third-order valence-electron chi connectivity index (χ3n) is 2.54. The lowest BCUT2D eigenvalue weighted by Crippen LogP contribution is -1.89. The summed E-state index contributed by atoms with van der Waals surface area (Å²) in [5, 5.41) is 1.00. The van der Waals surface area contributed by atoms with Gasteiger partial charge in [-0.25, -0.2) is 4.98 Å². The van der Waals surface area contributed by atoms with Crippen molar-refractivity contribution in [2.75, 3.05) is 0 Å². The summed E-state index contributed by atoms with van der Waals surface area (Å²) in [5.41, 5.74) is 3.79. The molecule has 0 aliphatic rings. The number of thiazole rings is 1. The summed E-state index contributed by atoms with van der Waals surface area (Å²) >= 11 is 1.49. The van der Waals surface area contributed by atoms with Crippen molar-refractivity contribution in [3.63, 3.8) is 0 Å². The summed E-state index contributed by atoms with van der Waals surface area (Å²) in [7, 11) is 0. The maximum Gasteiger partial charge on any atom is 0.171 e. The number of hydrogen-bond acceptors (Lipinski definition) is 3. The van der Waals surface area contributed by atoms with Crippen LogP contribution in [0.1, 0.15) is 38.3 Å². The standard InChI is InChI=1S/C14H15NOS/c1-9-4-10(2)6-12(5-9)7-14-15-8-13(17-14)11(3)16/h4-6,8H,7H2,1-3H3. The van der Waals surface area contributed by atoms with E-state index in [0.29, 0.717) is 0 Å². The Hall–Kier alpha value is -1.48. The van der Waals surface area contributed by atoms with E-state index in [1.165, 1.54) is 28.0 Å². The van der Waals surface area contributed by atoms with Crippen molar-refractivity contribution in [1.29, 1.82) is 0 Å². The zero-order valence-corrected chi connectivity index (χ0v) is 11.1. The first kappa shape index (κ1) is 12.0. The van der Waals surface area contributed by atoms with Gasteiger partial charge in [0.15, 0.2) is 5.78 Å². The minimum atomic E-state index is 0.0918. The molecule has 3 heteroatoms. The van der Waals surface area contributed by atoms with Gasteiger partial charge in [-0.15, -0.1) is 11.3 Å². The largest absolute Gasteiger partial charge is 0.294 e. The molecule has 0 radical (unpaired) electrons. The summed E-state index contributed by atoms with van der Waals surface area (Å²) in [5.74, 6) is 0.0918. The predicted molar refractivity (Wildman–Crippen MR) is 70.8 cm³/mol. The van der Waals surface area contributed by atoms with Crippen LogP contribution in [0.25, 0.3) is 0 Å². The number of ketones is 1. The molecule has 1 aromatic heterocycles. The van der Waals surface area contributed by atoms with Gasteiger partial charge in [0.25, 0.3) is 0 Å². The molecule has 17 heavy (non-hydrogen) atoms. The third kappa shape index (κ3) is 3.01. The molecule has 2 nitrogen and oxygen atoms in total. The highest BCUT2D eigenvalue weighted by Gasteiger charge is 2.07. The fourth-order valence-corrected chi connectivity index (χ4v) is 2.75. The second-order valence-electron chi connectivity index (χ2n) is 4.35. The van der Waals surface area contributed by atoms with Crippen LogP contribution in [0.3, 0.4) is 0 Å². The second-order valence-corrected chi connectivity index (χ2v) is 5.46. The zero-order chi connectivity index (χ0) is 12.4. The summed E-state index contributed by atoms with van der Waals surface area (Å²) in [6.07, 6.45) is 2.48. The van der Waals surface area contributed by atoms with Crippen LogP contribution in [-0.4, -0.2) is 10.8 Å². The van der Waals surface area contributed by atoms with Gasteiger partial charge in [0.05, 0.1) is 9.88 Å². The van der Waals surface area contributed by atoms with Gasteiger partial charge in [-0.2, -0.15) is 0 Å². The van der Waals surface area contributed by atoms with Crippen molar-refractivity contribution in [1.82, 2.24) is 4.98 Å². The first-order chi connectivity index (χ1) is 8.04. The first-order valence-corrected chi connectivity index (χ1v) is 6.39. The lowest BCUT2D eigenvalue weighted by molar-refractivity contribution is 0.102. The minimum absolute atomic E-state index is 0.0918. The minimum Gasteiger partial charge on any atom is -0.294 e. The van der Waals surface area contributed by atoms with Crippen LogP contribution < -0.4 is 0 Å². The van der Waals surface area contributed by atoms with Crippen LogP contribution in [0.5, 0.6) is 0 Å². The molecule has 0 amide bonds. The lowest BCUT2D eigenvalue weighted by atomic mass is 10.1. The van der Waals surface area contributed by atoms with Gasteiger partial charge in [-0.1, -0.05) is 29.3 Å². The van der Waals surface area contributed by atoms with E-state index in [1.54, 1.807) is 13.1 Å². The molecule has 0 bridgehead atoms. The molecule has 0 saturated heterocycles. The number of aromatic nitrogens is 1. The van der Waals surface area contributed by atoms with Crippen molar-refractivity contribution in [3.8, 4) is 0 Å². The molecule has 88 valence electrons. The summed E-state index contributed by atoms with van der Waals surface area (Å²) in [6.45, 7) is 5.77. The fraction of sp³-hybridized carbons (Fsp3) is 0.286. The van der Waals surface area contributed by atoms with Crippen molar-refractivity contribution in [2.24, 2.45) is 0 Å². The van der Waals surface area contributed by atoms with Crippen LogP contribution in [0.4, 0.5) is 0 Å². The number of rotatable bonds is 3. The Morgan fingerprint density at radius 2 is 1.88 bits per heavy atom. The maximum absolute atomic E-state index is 11.2. The van der Waals surface area contributed by atoms with Crippen molar-refractivity contribution < 1.29 is 4.79 Å². The summed E-state index contributed by atoms with van der Waals surface area (Å²) < 4.78 is 0. The van der Waals surface area contributed by atoms with Crippen LogP contribution in [0.2, 0.25) is 0 Å². The van der Waals surface area contributed by atoms with Gasteiger partial charge >= 0.3 is 0 Å². The molecule has 0 aliphatic heterocycles. The van der Waals surface area contributed by atoms with Crippen molar-refractivity contribution in [3.05, 3.63) is 51.0 Å². The van der Waals surface area contributed by atoms with Gasteiger partial charge in [0.1, 0.15) is 0 Å². The van der Waals surface area contributed by atoms with E-state index in [1.807, 2.05) is 0 Å². The highest BCUT2D eigenvalue weighted by atomic mass is 32.1. The number of aryl methyl sites for hydroxylation is 2. The number of nitrogens with zero attached hydrogens (tertiary/aromatic N) is 1. The molecule has 1 aromatic carbocycles. The zero-order valence-electron chi connectivity index (χ0n) is 10.3. The molecule has 0 unspecified atom stereocenters.